The van der Waals surface area contributed by atoms with Crippen LogP contribution in [0, 0.1) is 0 Å². The van der Waals surface area contributed by atoms with Crippen molar-refractivity contribution in [1.29, 1.82) is 0 Å². The van der Waals surface area contributed by atoms with E-state index in [1.807, 2.05) is 48.5 Å². The Hall–Kier alpha value is -3.58. The standard InChI is InChI=1S/C23H18N4O2S/c28-22(17-9-11-19-20(13-17)26-30-25-19)24-18-10-8-15-7-4-12-27(21(15)14-18)23(29)16-5-2-1-3-6-16/h1-3,5-6,8-11,13-14H,4,7,12H2,(H,24,28). The molecule has 4 aromatic rings. The normalized spacial score (nSPS) is 13.1. The number of anilines is 2. The predicted octanol–water partition coefficient (Wildman–Crippen LogP) is 4.54. The Bertz CT molecular complexity index is 1250. The van der Waals surface area contributed by atoms with E-state index >= 15 is 0 Å². The van der Waals surface area contributed by atoms with E-state index < -0.39 is 0 Å². The van der Waals surface area contributed by atoms with Gasteiger partial charge in [0.05, 0.1) is 11.7 Å². The zero-order valence-electron chi connectivity index (χ0n) is 16.0. The summed E-state index contributed by atoms with van der Waals surface area (Å²) in [5, 5.41) is 2.94. The van der Waals surface area contributed by atoms with Gasteiger partial charge in [-0.15, -0.1) is 0 Å². The van der Waals surface area contributed by atoms with Gasteiger partial charge in [0.1, 0.15) is 11.0 Å². The van der Waals surface area contributed by atoms with Crippen molar-refractivity contribution >= 4 is 46.0 Å². The lowest BCUT2D eigenvalue weighted by Gasteiger charge is -2.30. The summed E-state index contributed by atoms with van der Waals surface area (Å²) in [5.74, 6) is -0.247. The van der Waals surface area contributed by atoms with Crippen LogP contribution in [0.3, 0.4) is 0 Å². The summed E-state index contributed by atoms with van der Waals surface area (Å²) < 4.78 is 8.35. The van der Waals surface area contributed by atoms with Gasteiger partial charge in [-0.3, -0.25) is 9.59 Å². The number of carbonyl (C=O) groups is 2. The number of amides is 2. The summed E-state index contributed by atoms with van der Waals surface area (Å²) in [6.45, 7) is 0.658. The van der Waals surface area contributed by atoms with Gasteiger partial charge in [0, 0.05) is 29.0 Å². The lowest BCUT2D eigenvalue weighted by atomic mass is 10.00. The SMILES string of the molecule is O=C(Nc1ccc2c(c1)N(C(=O)c1ccccc1)CCC2)c1ccc2nsnc2c1. The fourth-order valence-corrected chi connectivity index (χ4v) is 4.24. The number of carbonyl (C=O) groups excluding carboxylic acids is 2. The molecule has 5 rings (SSSR count). The number of rotatable bonds is 3. The topological polar surface area (TPSA) is 75.2 Å². The lowest BCUT2D eigenvalue weighted by molar-refractivity contribution is 0.0984. The predicted molar refractivity (Wildman–Crippen MR) is 118 cm³/mol. The minimum atomic E-state index is -0.221. The fourth-order valence-electron chi connectivity index (χ4n) is 3.73. The molecule has 0 atom stereocenters. The van der Waals surface area contributed by atoms with Gasteiger partial charge in [0.15, 0.2) is 0 Å². The number of hydrogen-bond donors (Lipinski definition) is 1. The Morgan fingerprint density at radius 3 is 2.60 bits per heavy atom. The van der Waals surface area contributed by atoms with Crippen molar-refractivity contribution in [3.05, 3.63) is 83.4 Å². The highest BCUT2D eigenvalue weighted by molar-refractivity contribution is 7.00. The first kappa shape index (κ1) is 18.4. The summed E-state index contributed by atoms with van der Waals surface area (Å²) in [5.41, 5.74) is 5.28. The monoisotopic (exact) mass is 414 g/mol. The van der Waals surface area contributed by atoms with E-state index in [1.165, 1.54) is 0 Å². The molecule has 0 aliphatic carbocycles. The molecule has 2 amide bonds. The maximum Gasteiger partial charge on any atom is 0.258 e. The number of nitrogens with zero attached hydrogens (tertiary/aromatic N) is 3. The Balaban J connectivity index is 1.42. The van der Waals surface area contributed by atoms with Crippen LogP contribution in [0.4, 0.5) is 11.4 Å². The van der Waals surface area contributed by atoms with Crippen molar-refractivity contribution in [2.45, 2.75) is 12.8 Å². The van der Waals surface area contributed by atoms with Crippen LogP contribution >= 0.6 is 11.7 Å². The number of nitrogens with one attached hydrogen (secondary N) is 1. The first-order valence-corrected chi connectivity index (χ1v) is 10.5. The van der Waals surface area contributed by atoms with Crippen molar-refractivity contribution in [2.75, 3.05) is 16.8 Å². The van der Waals surface area contributed by atoms with Crippen LogP contribution in [-0.2, 0) is 6.42 Å². The quantitative estimate of drug-likeness (QED) is 0.534. The summed E-state index contributed by atoms with van der Waals surface area (Å²) in [4.78, 5) is 27.6. The van der Waals surface area contributed by atoms with Gasteiger partial charge in [0.2, 0.25) is 0 Å². The molecular formula is C23H18N4O2S. The largest absolute Gasteiger partial charge is 0.322 e. The average molecular weight is 414 g/mol. The fraction of sp³-hybridized carbons (Fsp3) is 0.130. The van der Waals surface area contributed by atoms with E-state index in [2.05, 4.69) is 14.1 Å². The molecule has 30 heavy (non-hydrogen) atoms. The molecule has 1 N–H and O–H groups in total. The van der Waals surface area contributed by atoms with Gasteiger partial charge in [-0.1, -0.05) is 24.3 Å². The van der Waals surface area contributed by atoms with E-state index in [-0.39, 0.29) is 11.8 Å². The Morgan fingerprint density at radius 2 is 1.73 bits per heavy atom. The first-order chi connectivity index (χ1) is 14.7. The van der Waals surface area contributed by atoms with Gasteiger partial charge in [-0.2, -0.15) is 8.75 Å². The molecule has 0 spiro atoms. The molecule has 0 unspecified atom stereocenters. The van der Waals surface area contributed by atoms with Crippen LogP contribution < -0.4 is 10.2 Å². The highest BCUT2D eigenvalue weighted by Gasteiger charge is 2.24. The van der Waals surface area contributed by atoms with E-state index in [9.17, 15) is 9.59 Å². The highest BCUT2D eigenvalue weighted by Crippen LogP contribution is 2.31. The number of fused-ring (bicyclic) bond motifs is 2. The third-order valence-electron chi connectivity index (χ3n) is 5.24. The first-order valence-electron chi connectivity index (χ1n) is 9.72. The van der Waals surface area contributed by atoms with Crippen molar-refractivity contribution < 1.29 is 9.59 Å². The maximum atomic E-state index is 13.0. The molecule has 1 aromatic heterocycles. The van der Waals surface area contributed by atoms with Crippen molar-refractivity contribution in [3.8, 4) is 0 Å². The van der Waals surface area contributed by atoms with Gasteiger partial charge in [-0.25, -0.2) is 0 Å². The molecule has 1 aliphatic rings. The van der Waals surface area contributed by atoms with Gasteiger partial charge >= 0.3 is 0 Å². The Morgan fingerprint density at radius 1 is 0.900 bits per heavy atom. The second-order valence-corrected chi connectivity index (χ2v) is 7.72. The highest BCUT2D eigenvalue weighted by atomic mass is 32.1. The number of benzene rings is 3. The van der Waals surface area contributed by atoms with Crippen molar-refractivity contribution in [3.63, 3.8) is 0 Å². The molecule has 0 saturated heterocycles. The van der Waals surface area contributed by atoms with Crippen LogP contribution in [-0.4, -0.2) is 27.1 Å². The number of hydrogen-bond acceptors (Lipinski definition) is 5. The van der Waals surface area contributed by atoms with E-state index in [0.29, 0.717) is 28.9 Å². The number of aryl methyl sites for hydroxylation is 1. The summed E-state index contributed by atoms with van der Waals surface area (Å²) in [6, 6.07) is 20.3. The van der Waals surface area contributed by atoms with Crippen LogP contribution in [0.2, 0.25) is 0 Å². The van der Waals surface area contributed by atoms with Crippen LogP contribution in [0.5, 0.6) is 0 Å². The molecule has 6 nitrogen and oxygen atoms in total. The van der Waals surface area contributed by atoms with Crippen LogP contribution in [0.25, 0.3) is 11.0 Å². The second kappa shape index (κ2) is 7.68. The molecule has 1 aliphatic heterocycles. The molecule has 0 radical (unpaired) electrons. The molecule has 0 fully saturated rings. The Labute approximate surface area is 177 Å². The Kier molecular flexibility index (Phi) is 4.72. The molecule has 0 bridgehead atoms. The van der Waals surface area contributed by atoms with E-state index in [4.69, 9.17) is 0 Å². The zero-order valence-corrected chi connectivity index (χ0v) is 16.9. The van der Waals surface area contributed by atoms with Crippen molar-refractivity contribution in [1.82, 2.24) is 8.75 Å². The number of aromatic nitrogens is 2. The average Bonchev–Trinajstić information content (AvgIpc) is 3.27. The minimum absolute atomic E-state index is 0.0264. The molecule has 0 saturated carbocycles. The van der Waals surface area contributed by atoms with Gasteiger partial charge in [0.25, 0.3) is 11.8 Å². The van der Waals surface area contributed by atoms with E-state index in [0.717, 1.165) is 41.3 Å². The third kappa shape index (κ3) is 3.44. The summed E-state index contributed by atoms with van der Waals surface area (Å²) >= 11 is 1.12. The van der Waals surface area contributed by atoms with Gasteiger partial charge in [-0.05, 0) is 60.9 Å². The van der Waals surface area contributed by atoms with Crippen LogP contribution in [0.15, 0.2) is 66.7 Å². The third-order valence-corrected chi connectivity index (χ3v) is 5.80. The minimum Gasteiger partial charge on any atom is -0.322 e. The molecule has 7 heteroatoms. The maximum absolute atomic E-state index is 13.0. The van der Waals surface area contributed by atoms with Gasteiger partial charge < -0.3 is 10.2 Å². The molecule has 148 valence electrons. The zero-order chi connectivity index (χ0) is 20.5. The van der Waals surface area contributed by atoms with Crippen LogP contribution in [0.1, 0.15) is 32.7 Å². The second-order valence-electron chi connectivity index (χ2n) is 7.19. The molecule has 3 aromatic carbocycles. The molecular weight excluding hydrogens is 396 g/mol. The lowest BCUT2D eigenvalue weighted by Crippen LogP contribution is -2.35. The smallest absolute Gasteiger partial charge is 0.258 e. The van der Waals surface area contributed by atoms with E-state index in [1.54, 1.807) is 23.1 Å². The summed E-state index contributed by atoms with van der Waals surface area (Å²) in [6.07, 6.45) is 1.83. The van der Waals surface area contributed by atoms with Crippen molar-refractivity contribution in [2.24, 2.45) is 0 Å². The summed E-state index contributed by atoms with van der Waals surface area (Å²) in [7, 11) is 0. The molecule has 2 heterocycles.